The summed E-state index contributed by atoms with van der Waals surface area (Å²) in [5.41, 5.74) is 0.807. The molecule has 2 rings (SSSR count). The van der Waals surface area contributed by atoms with Crippen molar-refractivity contribution in [1.29, 1.82) is 0 Å². The number of rotatable bonds is 2. The lowest BCUT2D eigenvalue weighted by Gasteiger charge is -2.06. The van der Waals surface area contributed by atoms with E-state index in [1.54, 1.807) is 23.1 Å². The maximum atomic E-state index is 9.15. The van der Waals surface area contributed by atoms with Crippen molar-refractivity contribution in [3.8, 4) is 0 Å². The highest BCUT2D eigenvalue weighted by atomic mass is 35.5. The van der Waals surface area contributed by atoms with Crippen LogP contribution in [0.4, 0.5) is 0 Å². The number of hydrogen-bond donors (Lipinski definition) is 1. The van der Waals surface area contributed by atoms with Gasteiger partial charge in [0.2, 0.25) is 0 Å². The molecule has 1 nitrogen and oxygen atoms in total. The second kappa shape index (κ2) is 4.11. The lowest BCUT2D eigenvalue weighted by atomic mass is 10.2. The molecule has 0 saturated heterocycles. The molecule has 14 heavy (non-hydrogen) atoms. The van der Waals surface area contributed by atoms with E-state index in [1.165, 1.54) is 9.60 Å². The number of fused-ring (bicyclic) bond motifs is 1. The minimum Gasteiger partial charge on any atom is -0.392 e. The molecule has 1 aromatic carbocycles. The summed E-state index contributed by atoms with van der Waals surface area (Å²) in [5.74, 6) is 0. The fourth-order valence-electron chi connectivity index (χ4n) is 1.40. The molecule has 0 saturated carbocycles. The van der Waals surface area contributed by atoms with Crippen LogP contribution in [0.25, 0.3) is 10.1 Å². The summed E-state index contributed by atoms with van der Waals surface area (Å²) in [4.78, 5) is 1.18. The quantitative estimate of drug-likeness (QED) is 0.812. The largest absolute Gasteiger partial charge is 0.392 e. The van der Waals surface area contributed by atoms with Crippen LogP contribution in [0, 0.1) is 0 Å². The molecule has 2 aromatic rings. The zero-order chi connectivity index (χ0) is 10.1. The minimum atomic E-state index is -0.00181. The van der Waals surface area contributed by atoms with E-state index in [-0.39, 0.29) is 6.61 Å². The Kier molecular flexibility index (Phi) is 3.02. The topological polar surface area (TPSA) is 20.2 Å². The molecule has 0 fully saturated rings. The van der Waals surface area contributed by atoms with Gasteiger partial charge in [0.25, 0.3) is 0 Å². The first kappa shape index (κ1) is 10.3. The van der Waals surface area contributed by atoms with E-state index in [0.717, 1.165) is 10.9 Å². The molecule has 1 aromatic heterocycles. The van der Waals surface area contributed by atoms with Gasteiger partial charge in [0.15, 0.2) is 0 Å². The Labute approximate surface area is 95.7 Å². The molecule has 0 bridgehead atoms. The second-order valence-electron chi connectivity index (χ2n) is 2.87. The zero-order valence-electron chi connectivity index (χ0n) is 7.58. The summed E-state index contributed by atoms with van der Waals surface area (Å²) in [6.07, 6.45) is 2.03. The third kappa shape index (κ3) is 1.54. The SMILES string of the molecule is CSc1cc(CO)c(Cl)c2ccsc12. The lowest BCUT2D eigenvalue weighted by molar-refractivity contribution is 0.282. The van der Waals surface area contributed by atoms with E-state index in [0.29, 0.717) is 5.02 Å². The Balaban J connectivity index is 2.80. The predicted octanol–water partition coefficient (Wildman–Crippen LogP) is 3.77. The van der Waals surface area contributed by atoms with E-state index in [9.17, 15) is 0 Å². The van der Waals surface area contributed by atoms with E-state index in [1.807, 2.05) is 23.8 Å². The van der Waals surface area contributed by atoms with Crippen molar-refractivity contribution < 1.29 is 5.11 Å². The molecule has 0 aliphatic rings. The smallest absolute Gasteiger partial charge is 0.0697 e. The molecular weight excluding hydrogens is 236 g/mol. The van der Waals surface area contributed by atoms with Gasteiger partial charge >= 0.3 is 0 Å². The molecular formula is C10H9ClOS2. The monoisotopic (exact) mass is 244 g/mol. The van der Waals surface area contributed by atoms with Gasteiger partial charge in [-0.05, 0) is 29.3 Å². The average Bonchev–Trinajstić information content (AvgIpc) is 2.68. The zero-order valence-corrected chi connectivity index (χ0v) is 9.97. The van der Waals surface area contributed by atoms with Crippen LogP contribution >= 0.6 is 34.7 Å². The first-order valence-electron chi connectivity index (χ1n) is 4.11. The van der Waals surface area contributed by atoms with Gasteiger partial charge in [-0.1, -0.05) is 11.6 Å². The Morgan fingerprint density at radius 1 is 1.57 bits per heavy atom. The highest BCUT2D eigenvalue weighted by molar-refractivity contribution is 7.99. The maximum Gasteiger partial charge on any atom is 0.0697 e. The van der Waals surface area contributed by atoms with Gasteiger partial charge in [-0.2, -0.15) is 0 Å². The van der Waals surface area contributed by atoms with Gasteiger partial charge in [0.05, 0.1) is 11.6 Å². The lowest BCUT2D eigenvalue weighted by Crippen LogP contribution is -1.86. The predicted molar refractivity (Wildman–Crippen MR) is 64.5 cm³/mol. The van der Waals surface area contributed by atoms with E-state index < -0.39 is 0 Å². The van der Waals surface area contributed by atoms with Gasteiger partial charge in [0, 0.05) is 15.0 Å². The fourth-order valence-corrected chi connectivity index (χ4v) is 3.49. The third-order valence-electron chi connectivity index (χ3n) is 2.10. The number of aliphatic hydroxyl groups excluding tert-OH is 1. The molecule has 0 aliphatic heterocycles. The van der Waals surface area contributed by atoms with E-state index >= 15 is 0 Å². The highest BCUT2D eigenvalue weighted by Crippen LogP contribution is 2.37. The van der Waals surface area contributed by atoms with Crippen molar-refractivity contribution in [2.45, 2.75) is 11.5 Å². The molecule has 0 atom stereocenters. The van der Waals surface area contributed by atoms with Crippen molar-refractivity contribution in [2.24, 2.45) is 0 Å². The Morgan fingerprint density at radius 3 is 3.00 bits per heavy atom. The van der Waals surface area contributed by atoms with Crippen molar-refractivity contribution in [3.63, 3.8) is 0 Å². The summed E-state index contributed by atoms with van der Waals surface area (Å²) in [5, 5.41) is 12.9. The van der Waals surface area contributed by atoms with E-state index in [2.05, 4.69) is 0 Å². The highest BCUT2D eigenvalue weighted by Gasteiger charge is 2.10. The normalized spacial score (nSPS) is 11.1. The Hall–Kier alpha value is -0.220. The number of thiophene rings is 1. The average molecular weight is 245 g/mol. The molecule has 4 heteroatoms. The van der Waals surface area contributed by atoms with Gasteiger partial charge in [0.1, 0.15) is 0 Å². The van der Waals surface area contributed by atoms with Crippen LogP contribution in [-0.2, 0) is 6.61 Å². The molecule has 74 valence electrons. The molecule has 0 amide bonds. The van der Waals surface area contributed by atoms with Crippen LogP contribution in [0.15, 0.2) is 22.4 Å². The van der Waals surface area contributed by atoms with Crippen LogP contribution in [0.5, 0.6) is 0 Å². The van der Waals surface area contributed by atoms with Crippen molar-refractivity contribution in [1.82, 2.24) is 0 Å². The van der Waals surface area contributed by atoms with Gasteiger partial charge in [-0.3, -0.25) is 0 Å². The minimum absolute atomic E-state index is 0.00181. The summed E-state index contributed by atoms with van der Waals surface area (Å²) in [6.45, 7) is -0.00181. The summed E-state index contributed by atoms with van der Waals surface area (Å²) in [7, 11) is 0. The van der Waals surface area contributed by atoms with Crippen LogP contribution in [0.2, 0.25) is 5.02 Å². The fraction of sp³-hybridized carbons (Fsp3) is 0.200. The molecule has 0 unspecified atom stereocenters. The summed E-state index contributed by atoms with van der Waals surface area (Å²) in [6, 6.07) is 3.97. The van der Waals surface area contributed by atoms with Gasteiger partial charge in [-0.25, -0.2) is 0 Å². The number of hydrogen-bond acceptors (Lipinski definition) is 3. The van der Waals surface area contributed by atoms with Crippen molar-refractivity contribution in [2.75, 3.05) is 6.26 Å². The first-order valence-corrected chi connectivity index (χ1v) is 6.59. The summed E-state index contributed by atoms with van der Waals surface area (Å²) < 4.78 is 1.21. The molecule has 0 spiro atoms. The van der Waals surface area contributed by atoms with Crippen LogP contribution in [0.3, 0.4) is 0 Å². The summed E-state index contributed by atoms with van der Waals surface area (Å²) >= 11 is 9.52. The Bertz CT molecular complexity index is 464. The van der Waals surface area contributed by atoms with Gasteiger partial charge < -0.3 is 5.11 Å². The number of thioether (sulfide) groups is 1. The molecule has 0 radical (unpaired) electrons. The second-order valence-corrected chi connectivity index (χ2v) is 5.02. The first-order chi connectivity index (χ1) is 6.77. The van der Waals surface area contributed by atoms with E-state index in [4.69, 9.17) is 16.7 Å². The molecule has 1 N–H and O–H groups in total. The number of aliphatic hydroxyl groups is 1. The third-order valence-corrected chi connectivity index (χ3v) is 4.39. The Morgan fingerprint density at radius 2 is 2.36 bits per heavy atom. The molecule has 0 aliphatic carbocycles. The molecule has 1 heterocycles. The van der Waals surface area contributed by atoms with Crippen molar-refractivity contribution in [3.05, 3.63) is 28.1 Å². The number of benzene rings is 1. The van der Waals surface area contributed by atoms with Crippen LogP contribution in [0.1, 0.15) is 5.56 Å². The maximum absolute atomic E-state index is 9.15. The standard InChI is InChI=1S/C10H9ClOS2/c1-13-8-4-6(5-12)9(11)7-2-3-14-10(7)8/h2-4,12H,5H2,1H3. The number of halogens is 1. The van der Waals surface area contributed by atoms with Crippen LogP contribution in [-0.4, -0.2) is 11.4 Å². The van der Waals surface area contributed by atoms with Crippen LogP contribution < -0.4 is 0 Å². The van der Waals surface area contributed by atoms with Gasteiger partial charge in [-0.15, -0.1) is 23.1 Å². The van der Waals surface area contributed by atoms with Crippen molar-refractivity contribution >= 4 is 44.8 Å².